The number of hydrogen-bond donors (Lipinski definition) is 1. The quantitative estimate of drug-likeness (QED) is 0.585. The molecule has 0 spiro atoms. The van der Waals surface area contributed by atoms with Gasteiger partial charge < -0.3 is 9.73 Å². The van der Waals surface area contributed by atoms with Crippen LogP contribution in [-0.4, -0.2) is 43.9 Å². The Morgan fingerprint density at radius 1 is 1.32 bits per heavy atom. The summed E-state index contributed by atoms with van der Waals surface area (Å²) in [5.41, 5.74) is 3.27. The van der Waals surface area contributed by atoms with Crippen LogP contribution in [-0.2, 0) is 0 Å². The number of thioether (sulfide) groups is 1. The molecule has 4 rings (SSSR count). The first-order chi connectivity index (χ1) is 13.7. The van der Waals surface area contributed by atoms with Crippen LogP contribution in [0.2, 0.25) is 0 Å². The van der Waals surface area contributed by atoms with Crippen LogP contribution in [0.3, 0.4) is 0 Å². The second-order valence-corrected chi connectivity index (χ2v) is 8.16. The van der Waals surface area contributed by atoms with E-state index in [-0.39, 0.29) is 5.91 Å². The van der Waals surface area contributed by atoms with Crippen molar-refractivity contribution in [1.29, 1.82) is 0 Å². The Labute approximate surface area is 167 Å². The number of carbonyl (C=O) groups excluding carboxylic acids is 1. The molecule has 1 saturated carbocycles. The van der Waals surface area contributed by atoms with Crippen molar-refractivity contribution in [2.24, 2.45) is 0 Å². The lowest BCUT2D eigenvalue weighted by Crippen LogP contribution is -2.25. The average Bonchev–Trinajstić information content (AvgIpc) is 3.31. The summed E-state index contributed by atoms with van der Waals surface area (Å²) in [5, 5.41) is 15.6. The molecule has 0 atom stereocenters. The highest BCUT2D eigenvalue weighted by atomic mass is 32.2. The van der Waals surface area contributed by atoms with E-state index in [0.29, 0.717) is 35.5 Å². The summed E-state index contributed by atoms with van der Waals surface area (Å²) >= 11 is 1.81. The lowest BCUT2D eigenvalue weighted by atomic mass is 10.1. The van der Waals surface area contributed by atoms with Crippen LogP contribution in [0.15, 0.2) is 34.7 Å². The van der Waals surface area contributed by atoms with E-state index in [1.807, 2.05) is 46.8 Å². The van der Waals surface area contributed by atoms with Crippen molar-refractivity contribution in [1.82, 2.24) is 25.3 Å². The normalized spacial score (nSPS) is 13.6. The maximum atomic E-state index is 12.5. The zero-order chi connectivity index (χ0) is 19.5. The second-order valence-electron chi connectivity index (χ2n) is 6.77. The predicted octanol–water partition coefficient (Wildman–Crippen LogP) is 3.59. The third-order valence-corrected chi connectivity index (χ3v) is 5.47. The van der Waals surface area contributed by atoms with Crippen molar-refractivity contribution < 1.29 is 9.21 Å². The van der Waals surface area contributed by atoms with Gasteiger partial charge in [0, 0.05) is 36.4 Å². The molecule has 2 heterocycles. The first-order valence-corrected chi connectivity index (χ1v) is 10.7. The number of aromatic nitrogens is 4. The summed E-state index contributed by atoms with van der Waals surface area (Å²) in [4.78, 5) is 12.5. The van der Waals surface area contributed by atoms with Gasteiger partial charge in [-0.2, -0.15) is 16.9 Å². The molecule has 1 aliphatic rings. The van der Waals surface area contributed by atoms with Crippen LogP contribution in [0.4, 0.5) is 0 Å². The lowest BCUT2D eigenvalue weighted by Gasteiger charge is -2.09. The number of amides is 1. The van der Waals surface area contributed by atoms with Gasteiger partial charge >= 0.3 is 0 Å². The number of benzene rings is 1. The minimum atomic E-state index is -0.0635. The summed E-state index contributed by atoms with van der Waals surface area (Å²) in [6, 6.07) is 9.57. The summed E-state index contributed by atoms with van der Waals surface area (Å²) in [5.74, 6) is 3.31. The van der Waals surface area contributed by atoms with E-state index in [4.69, 9.17) is 9.52 Å². The van der Waals surface area contributed by atoms with Gasteiger partial charge in [0.05, 0.1) is 5.69 Å². The number of rotatable bonds is 8. The second kappa shape index (κ2) is 8.18. The molecule has 8 heteroatoms. The van der Waals surface area contributed by atoms with E-state index in [2.05, 4.69) is 22.4 Å². The highest BCUT2D eigenvalue weighted by molar-refractivity contribution is 7.99. The van der Waals surface area contributed by atoms with Crippen molar-refractivity contribution in [3.8, 4) is 17.3 Å². The van der Waals surface area contributed by atoms with Gasteiger partial charge in [-0.25, -0.2) is 4.68 Å². The number of nitrogens with zero attached hydrogens (tertiary/aromatic N) is 4. The first-order valence-electron chi connectivity index (χ1n) is 9.52. The third-order valence-electron chi connectivity index (χ3n) is 4.57. The van der Waals surface area contributed by atoms with Crippen molar-refractivity contribution in [3.05, 3.63) is 47.5 Å². The molecule has 28 heavy (non-hydrogen) atoms. The highest BCUT2D eigenvalue weighted by Crippen LogP contribution is 2.42. The third kappa shape index (κ3) is 4.11. The van der Waals surface area contributed by atoms with E-state index >= 15 is 0 Å². The van der Waals surface area contributed by atoms with E-state index in [0.717, 1.165) is 35.7 Å². The molecule has 2 aromatic heterocycles. The molecule has 0 unspecified atom stereocenters. The van der Waals surface area contributed by atoms with Crippen molar-refractivity contribution >= 4 is 17.7 Å². The van der Waals surface area contributed by atoms with Crippen LogP contribution >= 0.6 is 11.8 Å². The molecule has 1 N–H and O–H groups in total. The Bertz CT molecular complexity index is 977. The number of nitrogens with one attached hydrogen (secondary N) is 1. The van der Waals surface area contributed by atoms with Gasteiger partial charge in [0.2, 0.25) is 5.89 Å². The molecular formula is C20H23N5O2S. The van der Waals surface area contributed by atoms with Crippen LogP contribution in [0.1, 0.15) is 47.6 Å². The zero-order valence-corrected chi connectivity index (χ0v) is 16.8. The van der Waals surface area contributed by atoms with E-state index in [1.165, 1.54) is 0 Å². The van der Waals surface area contributed by atoms with Crippen LogP contribution in [0, 0.1) is 6.92 Å². The SMILES string of the molecule is CCSCCNC(=O)c1cccc(-n2nc(-c3nnc(C)o3)cc2C2CC2)c1. The van der Waals surface area contributed by atoms with Crippen molar-refractivity contribution in [2.45, 2.75) is 32.6 Å². The molecule has 1 aromatic carbocycles. The molecule has 0 bridgehead atoms. The maximum Gasteiger partial charge on any atom is 0.268 e. The van der Waals surface area contributed by atoms with Gasteiger partial charge in [-0.05, 0) is 42.9 Å². The molecule has 1 amide bonds. The number of aryl methyl sites for hydroxylation is 1. The fraction of sp³-hybridized carbons (Fsp3) is 0.400. The van der Waals surface area contributed by atoms with E-state index < -0.39 is 0 Å². The molecule has 3 aromatic rings. The van der Waals surface area contributed by atoms with Crippen LogP contribution < -0.4 is 5.32 Å². The number of carbonyl (C=O) groups is 1. The van der Waals surface area contributed by atoms with Gasteiger partial charge in [-0.3, -0.25) is 4.79 Å². The lowest BCUT2D eigenvalue weighted by molar-refractivity contribution is 0.0956. The van der Waals surface area contributed by atoms with Crippen molar-refractivity contribution in [2.75, 3.05) is 18.1 Å². The largest absolute Gasteiger partial charge is 0.420 e. The topological polar surface area (TPSA) is 85.8 Å². The average molecular weight is 398 g/mol. The Balaban J connectivity index is 1.60. The Hall–Kier alpha value is -2.61. The fourth-order valence-corrected chi connectivity index (χ4v) is 3.57. The summed E-state index contributed by atoms with van der Waals surface area (Å²) in [6.45, 7) is 4.54. The molecule has 0 aliphatic heterocycles. The standard InChI is InChI=1S/C20H23N5O2S/c1-3-28-10-9-21-19(26)15-5-4-6-16(11-15)25-18(14-7-8-14)12-17(24-25)20-23-22-13(2)27-20/h4-6,11-12,14H,3,7-10H2,1-2H3,(H,21,26). The molecule has 0 radical (unpaired) electrons. The molecule has 1 fully saturated rings. The molecule has 146 valence electrons. The van der Waals surface area contributed by atoms with Gasteiger partial charge in [0.1, 0.15) is 5.69 Å². The molecular weight excluding hydrogens is 374 g/mol. The molecule has 7 nitrogen and oxygen atoms in total. The maximum absolute atomic E-state index is 12.5. The minimum Gasteiger partial charge on any atom is -0.420 e. The highest BCUT2D eigenvalue weighted by Gasteiger charge is 2.30. The van der Waals surface area contributed by atoms with Crippen LogP contribution in [0.5, 0.6) is 0 Å². The van der Waals surface area contributed by atoms with E-state index in [9.17, 15) is 4.79 Å². The van der Waals surface area contributed by atoms with E-state index in [1.54, 1.807) is 6.92 Å². The summed E-state index contributed by atoms with van der Waals surface area (Å²) < 4.78 is 7.43. The molecule has 0 saturated heterocycles. The minimum absolute atomic E-state index is 0.0635. The molecule has 1 aliphatic carbocycles. The van der Waals surface area contributed by atoms with Crippen LogP contribution in [0.25, 0.3) is 17.3 Å². The Morgan fingerprint density at radius 2 is 2.18 bits per heavy atom. The Morgan fingerprint density at radius 3 is 2.89 bits per heavy atom. The zero-order valence-electron chi connectivity index (χ0n) is 16.0. The number of hydrogen-bond acceptors (Lipinski definition) is 6. The summed E-state index contributed by atoms with van der Waals surface area (Å²) in [7, 11) is 0. The van der Waals surface area contributed by atoms with Gasteiger partial charge in [0.25, 0.3) is 11.8 Å². The smallest absolute Gasteiger partial charge is 0.268 e. The van der Waals surface area contributed by atoms with Crippen molar-refractivity contribution in [3.63, 3.8) is 0 Å². The summed E-state index contributed by atoms with van der Waals surface area (Å²) in [6.07, 6.45) is 2.28. The van der Waals surface area contributed by atoms with Gasteiger partial charge in [-0.15, -0.1) is 10.2 Å². The van der Waals surface area contributed by atoms with Gasteiger partial charge in [0.15, 0.2) is 0 Å². The first kappa shape index (κ1) is 18.7. The Kier molecular flexibility index (Phi) is 5.47. The predicted molar refractivity (Wildman–Crippen MR) is 109 cm³/mol. The fourth-order valence-electron chi connectivity index (χ4n) is 3.04. The monoisotopic (exact) mass is 397 g/mol. The van der Waals surface area contributed by atoms with Gasteiger partial charge in [-0.1, -0.05) is 13.0 Å².